The molecule has 0 fully saturated rings. The fraction of sp³-hybridized carbons (Fsp3) is 0.429. The second kappa shape index (κ2) is 6.76. The summed E-state index contributed by atoms with van der Waals surface area (Å²) in [6, 6.07) is 6.41. The molecule has 6 heteroatoms. The van der Waals surface area contributed by atoms with Gasteiger partial charge in [0.1, 0.15) is 0 Å². The summed E-state index contributed by atoms with van der Waals surface area (Å²) in [6.45, 7) is 4.87. The Kier molecular flexibility index (Phi) is 5.03. The van der Waals surface area contributed by atoms with Gasteiger partial charge in [-0.05, 0) is 37.9 Å². The number of nitrogens with two attached hydrogens (primary N) is 2. The first-order chi connectivity index (χ1) is 9.61. The molecule has 0 unspecified atom stereocenters. The van der Waals surface area contributed by atoms with Gasteiger partial charge in [0.2, 0.25) is 5.16 Å². The van der Waals surface area contributed by atoms with Crippen molar-refractivity contribution in [3.63, 3.8) is 0 Å². The number of nitrogen functional groups attached to an aromatic ring is 1. The normalized spacial score (nSPS) is 10.9. The summed E-state index contributed by atoms with van der Waals surface area (Å²) in [7, 11) is 0. The molecule has 108 valence electrons. The molecule has 0 saturated carbocycles. The molecule has 0 aliphatic heterocycles. The number of nitrogens with zero attached hydrogens (tertiary/aromatic N) is 3. The molecule has 0 radical (unpaired) electrons. The maximum Gasteiger partial charge on any atom is 0.209 e. The van der Waals surface area contributed by atoms with E-state index >= 15 is 0 Å². The Bertz CT molecular complexity index is 579. The zero-order valence-corrected chi connectivity index (χ0v) is 12.8. The van der Waals surface area contributed by atoms with Crippen LogP contribution in [0, 0.1) is 13.8 Å². The van der Waals surface area contributed by atoms with E-state index in [1.807, 2.05) is 0 Å². The van der Waals surface area contributed by atoms with E-state index in [0.717, 1.165) is 23.2 Å². The maximum atomic E-state index is 6.06. The fourth-order valence-corrected chi connectivity index (χ4v) is 2.77. The molecule has 0 atom stereocenters. The lowest BCUT2D eigenvalue weighted by Gasteiger charge is -2.07. The quantitative estimate of drug-likeness (QED) is 0.480. The molecule has 1 aromatic carbocycles. The fourth-order valence-electron chi connectivity index (χ4n) is 1.93. The minimum Gasteiger partial charge on any atom is -0.336 e. The molecular weight excluding hydrogens is 270 g/mol. The summed E-state index contributed by atoms with van der Waals surface area (Å²) < 4.78 is 1.59. The standard InChI is InChI=1S/C14H21N5S/c1-10-4-5-11(2)12(8-10)9-13-17-18-14(19(13)16)20-7-3-6-15/h4-5,8H,3,6-7,9,15-16H2,1-2H3. The van der Waals surface area contributed by atoms with Crippen LogP contribution in [0.25, 0.3) is 0 Å². The van der Waals surface area contributed by atoms with Crippen molar-refractivity contribution in [1.29, 1.82) is 0 Å². The molecule has 20 heavy (non-hydrogen) atoms. The Morgan fingerprint density at radius 2 is 2.05 bits per heavy atom. The van der Waals surface area contributed by atoms with Crippen LogP contribution < -0.4 is 11.6 Å². The first-order valence-corrected chi connectivity index (χ1v) is 7.68. The number of thioether (sulfide) groups is 1. The predicted octanol–water partition coefficient (Wildman–Crippen LogP) is 1.64. The van der Waals surface area contributed by atoms with Crippen molar-refractivity contribution in [3.8, 4) is 0 Å². The summed E-state index contributed by atoms with van der Waals surface area (Å²) in [4.78, 5) is 0. The zero-order valence-electron chi connectivity index (χ0n) is 12.0. The van der Waals surface area contributed by atoms with Crippen LogP contribution in [0.15, 0.2) is 23.4 Å². The van der Waals surface area contributed by atoms with Crippen molar-refractivity contribution in [2.24, 2.45) is 5.73 Å². The van der Waals surface area contributed by atoms with Gasteiger partial charge in [-0.25, -0.2) is 4.68 Å². The van der Waals surface area contributed by atoms with Crippen LogP contribution in [0.3, 0.4) is 0 Å². The summed E-state index contributed by atoms with van der Waals surface area (Å²) in [6.07, 6.45) is 1.65. The average Bonchev–Trinajstić information content (AvgIpc) is 2.76. The molecule has 0 bridgehead atoms. The molecule has 0 saturated heterocycles. The Morgan fingerprint density at radius 1 is 1.25 bits per heavy atom. The van der Waals surface area contributed by atoms with Gasteiger partial charge in [0.15, 0.2) is 5.82 Å². The van der Waals surface area contributed by atoms with E-state index < -0.39 is 0 Å². The number of rotatable bonds is 6. The van der Waals surface area contributed by atoms with E-state index in [1.54, 1.807) is 16.4 Å². The van der Waals surface area contributed by atoms with Crippen LogP contribution in [-0.4, -0.2) is 27.2 Å². The van der Waals surface area contributed by atoms with E-state index in [0.29, 0.717) is 13.0 Å². The van der Waals surface area contributed by atoms with Crippen LogP contribution in [0.5, 0.6) is 0 Å². The Balaban J connectivity index is 2.12. The Labute approximate surface area is 123 Å². The largest absolute Gasteiger partial charge is 0.336 e. The summed E-state index contributed by atoms with van der Waals surface area (Å²) in [5.74, 6) is 7.76. The lowest BCUT2D eigenvalue weighted by atomic mass is 10.0. The molecule has 0 aliphatic rings. The van der Waals surface area contributed by atoms with Crippen LogP contribution in [-0.2, 0) is 6.42 Å². The minimum atomic E-state index is 0.682. The molecular formula is C14H21N5S. The number of aromatic nitrogens is 3. The molecule has 0 aliphatic carbocycles. The highest BCUT2D eigenvalue weighted by atomic mass is 32.2. The highest BCUT2D eigenvalue weighted by Crippen LogP contribution is 2.18. The van der Waals surface area contributed by atoms with Crippen molar-refractivity contribution in [2.75, 3.05) is 18.1 Å². The highest BCUT2D eigenvalue weighted by Gasteiger charge is 2.11. The molecule has 0 amide bonds. The first kappa shape index (κ1) is 14.9. The number of hydrogen-bond acceptors (Lipinski definition) is 5. The smallest absolute Gasteiger partial charge is 0.209 e. The molecule has 4 N–H and O–H groups in total. The van der Waals surface area contributed by atoms with Crippen molar-refractivity contribution in [3.05, 3.63) is 40.7 Å². The third-order valence-corrected chi connectivity index (χ3v) is 4.20. The predicted molar refractivity (Wildman–Crippen MR) is 83.3 cm³/mol. The van der Waals surface area contributed by atoms with Crippen molar-refractivity contribution in [2.45, 2.75) is 31.8 Å². The van der Waals surface area contributed by atoms with Gasteiger partial charge in [-0.2, -0.15) is 0 Å². The van der Waals surface area contributed by atoms with Gasteiger partial charge in [0, 0.05) is 12.2 Å². The molecule has 0 spiro atoms. The van der Waals surface area contributed by atoms with Crippen molar-refractivity contribution >= 4 is 11.8 Å². The van der Waals surface area contributed by atoms with Crippen molar-refractivity contribution in [1.82, 2.24) is 14.9 Å². The highest BCUT2D eigenvalue weighted by molar-refractivity contribution is 7.99. The molecule has 1 heterocycles. The summed E-state index contributed by atoms with van der Waals surface area (Å²) in [5, 5.41) is 9.09. The van der Waals surface area contributed by atoms with E-state index in [2.05, 4.69) is 42.2 Å². The van der Waals surface area contributed by atoms with E-state index in [1.165, 1.54) is 16.7 Å². The molecule has 5 nitrogen and oxygen atoms in total. The monoisotopic (exact) mass is 291 g/mol. The van der Waals surface area contributed by atoms with Crippen LogP contribution in [0.1, 0.15) is 28.9 Å². The van der Waals surface area contributed by atoms with Gasteiger partial charge in [-0.1, -0.05) is 35.5 Å². The molecule has 2 rings (SSSR count). The Hall–Kier alpha value is -1.53. The maximum absolute atomic E-state index is 6.06. The second-order valence-corrected chi connectivity index (χ2v) is 5.93. The van der Waals surface area contributed by atoms with E-state index in [-0.39, 0.29) is 0 Å². The summed E-state index contributed by atoms with van der Waals surface area (Å²) in [5.41, 5.74) is 9.21. The van der Waals surface area contributed by atoms with E-state index in [4.69, 9.17) is 11.6 Å². The Morgan fingerprint density at radius 3 is 2.80 bits per heavy atom. The zero-order chi connectivity index (χ0) is 14.5. The van der Waals surface area contributed by atoms with Crippen molar-refractivity contribution < 1.29 is 0 Å². The van der Waals surface area contributed by atoms with E-state index in [9.17, 15) is 0 Å². The minimum absolute atomic E-state index is 0.682. The number of aryl methyl sites for hydroxylation is 2. The third-order valence-electron chi connectivity index (χ3n) is 3.17. The number of hydrogen-bond donors (Lipinski definition) is 2. The average molecular weight is 291 g/mol. The second-order valence-electron chi connectivity index (χ2n) is 4.87. The van der Waals surface area contributed by atoms with Gasteiger partial charge in [0.05, 0.1) is 0 Å². The van der Waals surface area contributed by atoms with Gasteiger partial charge in [0.25, 0.3) is 0 Å². The summed E-state index contributed by atoms with van der Waals surface area (Å²) >= 11 is 1.59. The van der Waals surface area contributed by atoms with Crippen LogP contribution in [0.4, 0.5) is 0 Å². The topological polar surface area (TPSA) is 82.8 Å². The lowest BCUT2D eigenvalue weighted by molar-refractivity contribution is 0.802. The van der Waals surface area contributed by atoms with Gasteiger partial charge in [-0.3, -0.25) is 0 Å². The first-order valence-electron chi connectivity index (χ1n) is 6.70. The van der Waals surface area contributed by atoms with Gasteiger partial charge < -0.3 is 11.6 Å². The molecule has 2 aromatic rings. The molecule has 1 aromatic heterocycles. The van der Waals surface area contributed by atoms with Gasteiger partial charge >= 0.3 is 0 Å². The van der Waals surface area contributed by atoms with Gasteiger partial charge in [-0.15, -0.1) is 10.2 Å². The van der Waals surface area contributed by atoms with Crippen LogP contribution >= 0.6 is 11.8 Å². The third kappa shape index (κ3) is 3.52. The SMILES string of the molecule is Cc1ccc(C)c(Cc2nnc(SCCCN)n2N)c1. The lowest BCUT2D eigenvalue weighted by Crippen LogP contribution is -2.15. The number of benzene rings is 1. The van der Waals surface area contributed by atoms with Crippen LogP contribution in [0.2, 0.25) is 0 Å².